The van der Waals surface area contributed by atoms with Gasteiger partial charge >= 0.3 is 6.18 Å². The molecule has 0 saturated carbocycles. The van der Waals surface area contributed by atoms with Gasteiger partial charge in [-0.3, -0.25) is 9.59 Å². The van der Waals surface area contributed by atoms with Crippen LogP contribution in [0.3, 0.4) is 0 Å². The first kappa shape index (κ1) is 23.6. The monoisotopic (exact) mass is 475 g/mol. The second-order valence-corrected chi connectivity index (χ2v) is 8.87. The van der Waals surface area contributed by atoms with Crippen molar-refractivity contribution < 1.29 is 27.3 Å². The summed E-state index contributed by atoms with van der Waals surface area (Å²) in [7, 11) is 0. The van der Waals surface area contributed by atoms with Crippen LogP contribution in [0.5, 0.6) is 0 Å². The predicted octanol–water partition coefficient (Wildman–Crippen LogP) is 2.96. The van der Waals surface area contributed by atoms with Gasteiger partial charge in [0.15, 0.2) is 5.69 Å². The number of hydrogen-bond acceptors (Lipinski definition) is 6. The van der Waals surface area contributed by atoms with Crippen LogP contribution in [0.2, 0.25) is 0 Å². The van der Waals surface area contributed by atoms with Crippen LogP contribution >= 0.6 is 0 Å². The largest absolute Gasteiger partial charge is 0.417 e. The Morgan fingerprint density at radius 1 is 1.21 bits per heavy atom. The summed E-state index contributed by atoms with van der Waals surface area (Å²) >= 11 is 0. The van der Waals surface area contributed by atoms with Gasteiger partial charge in [0.2, 0.25) is 5.91 Å². The molecule has 2 aromatic rings. The number of anilines is 1. The smallest absolute Gasteiger partial charge is 0.372 e. The number of carbonyl (C=O) groups is 2. The molecule has 8 nitrogen and oxygen atoms in total. The molecular formula is C23H24F3N5O3. The maximum absolute atomic E-state index is 13.3. The van der Waals surface area contributed by atoms with Gasteiger partial charge < -0.3 is 20.1 Å². The van der Waals surface area contributed by atoms with E-state index in [-0.39, 0.29) is 30.0 Å². The summed E-state index contributed by atoms with van der Waals surface area (Å²) in [6.45, 7) is 3.23. The van der Waals surface area contributed by atoms with Crippen LogP contribution in [-0.4, -0.2) is 48.0 Å². The quantitative estimate of drug-likeness (QED) is 0.727. The number of nitriles is 1. The number of halogens is 3. The average Bonchev–Trinajstić information content (AvgIpc) is 3.45. The summed E-state index contributed by atoms with van der Waals surface area (Å²) in [6, 6.07) is 6.87. The number of likely N-dealkylation sites (tertiary alicyclic amines) is 1. The van der Waals surface area contributed by atoms with Gasteiger partial charge in [-0.05, 0) is 49.8 Å². The van der Waals surface area contributed by atoms with E-state index >= 15 is 0 Å². The van der Waals surface area contributed by atoms with Gasteiger partial charge in [-0.2, -0.15) is 18.4 Å². The predicted molar refractivity (Wildman–Crippen MR) is 114 cm³/mol. The summed E-state index contributed by atoms with van der Waals surface area (Å²) in [5.74, 6) is -0.828. The Morgan fingerprint density at radius 3 is 2.47 bits per heavy atom. The van der Waals surface area contributed by atoms with Crippen molar-refractivity contribution in [3.8, 4) is 6.07 Å². The molecule has 1 aromatic carbocycles. The zero-order valence-corrected chi connectivity index (χ0v) is 18.5. The number of amides is 2. The van der Waals surface area contributed by atoms with Crippen LogP contribution < -0.4 is 10.6 Å². The number of aromatic nitrogens is 1. The lowest BCUT2D eigenvalue weighted by molar-refractivity contribution is -0.137. The van der Waals surface area contributed by atoms with Crippen LogP contribution in [-0.2, 0) is 11.0 Å². The molecule has 180 valence electrons. The lowest BCUT2D eigenvalue weighted by Gasteiger charge is -2.37. The molecule has 2 fully saturated rings. The maximum Gasteiger partial charge on any atom is 0.417 e. The van der Waals surface area contributed by atoms with Crippen molar-refractivity contribution >= 4 is 17.5 Å². The van der Waals surface area contributed by atoms with Crippen molar-refractivity contribution in [2.24, 2.45) is 23.5 Å². The van der Waals surface area contributed by atoms with E-state index in [0.717, 1.165) is 6.07 Å². The van der Waals surface area contributed by atoms with Gasteiger partial charge in [0.25, 0.3) is 5.91 Å². The lowest BCUT2D eigenvalue weighted by atomic mass is 9.78. The average molecular weight is 475 g/mol. The Balaban J connectivity index is 1.45. The highest BCUT2D eigenvalue weighted by molar-refractivity contribution is 5.93. The summed E-state index contributed by atoms with van der Waals surface area (Å²) < 4.78 is 45.0. The van der Waals surface area contributed by atoms with Crippen molar-refractivity contribution in [1.29, 1.82) is 5.26 Å². The number of nitrogens with two attached hydrogens (primary N) is 1. The normalized spacial score (nSPS) is 21.5. The molecule has 2 N–H and O–H groups in total. The van der Waals surface area contributed by atoms with Crippen LogP contribution in [0, 0.1) is 36.0 Å². The topological polar surface area (TPSA) is 116 Å². The van der Waals surface area contributed by atoms with Gasteiger partial charge in [-0.25, -0.2) is 0 Å². The molecule has 11 heteroatoms. The molecule has 0 radical (unpaired) electrons. The van der Waals surface area contributed by atoms with Crippen LogP contribution in [0.15, 0.2) is 28.8 Å². The standard InChI is InChI=1S/C23H24F3N5O3/c1-13-8-20(29-34-13)22(33)31-11-17(18(12-31)21(28)32)14-4-6-30(7-5-14)16-3-2-15(10-27)19(9-16)23(24,25)26/h2-3,8-9,14,17-18H,4-7,11-12H2,1H3,(H2,28,32)/t17-,18+/m0/s1. The third kappa shape index (κ3) is 4.58. The highest BCUT2D eigenvalue weighted by atomic mass is 19.4. The van der Waals surface area contributed by atoms with Crippen molar-refractivity contribution in [2.75, 3.05) is 31.1 Å². The number of carbonyl (C=O) groups excluding carboxylic acids is 2. The second-order valence-electron chi connectivity index (χ2n) is 8.87. The van der Waals surface area contributed by atoms with Gasteiger partial charge in [0, 0.05) is 37.9 Å². The fourth-order valence-electron chi connectivity index (χ4n) is 5.05. The van der Waals surface area contributed by atoms with E-state index in [1.54, 1.807) is 24.0 Å². The minimum atomic E-state index is -4.61. The lowest BCUT2D eigenvalue weighted by Crippen LogP contribution is -2.40. The van der Waals surface area contributed by atoms with Crippen LogP contribution in [0.4, 0.5) is 18.9 Å². The number of aryl methyl sites for hydroxylation is 1. The Morgan fingerprint density at radius 2 is 1.91 bits per heavy atom. The highest BCUT2D eigenvalue weighted by Crippen LogP contribution is 2.39. The van der Waals surface area contributed by atoms with Crippen molar-refractivity contribution in [1.82, 2.24) is 10.1 Å². The maximum atomic E-state index is 13.3. The molecule has 2 saturated heterocycles. The van der Waals surface area contributed by atoms with Crippen LogP contribution in [0.1, 0.15) is 40.2 Å². The van der Waals surface area contributed by atoms with E-state index in [1.165, 1.54) is 12.1 Å². The number of benzene rings is 1. The zero-order chi connectivity index (χ0) is 24.6. The van der Waals surface area contributed by atoms with Gasteiger partial charge in [-0.1, -0.05) is 5.16 Å². The molecule has 4 rings (SSSR count). The summed E-state index contributed by atoms with van der Waals surface area (Å²) in [5, 5.41) is 12.8. The van der Waals surface area contributed by atoms with Crippen molar-refractivity contribution in [2.45, 2.75) is 25.9 Å². The Bertz CT molecular complexity index is 1130. The minimum absolute atomic E-state index is 0.0889. The van der Waals surface area contributed by atoms with Gasteiger partial charge in [-0.15, -0.1) is 0 Å². The summed E-state index contributed by atoms with van der Waals surface area (Å²) in [5.41, 5.74) is 4.87. The molecule has 1 aromatic heterocycles. The Hall–Kier alpha value is -3.55. The van der Waals surface area contributed by atoms with Gasteiger partial charge in [0.1, 0.15) is 5.76 Å². The summed E-state index contributed by atoms with van der Waals surface area (Å²) in [4.78, 5) is 28.4. The van der Waals surface area contributed by atoms with E-state index in [0.29, 0.717) is 43.9 Å². The first-order valence-corrected chi connectivity index (χ1v) is 11.0. The first-order chi connectivity index (χ1) is 16.1. The fourth-order valence-corrected chi connectivity index (χ4v) is 5.05. The van der Waals surface area contributed by atoms with E-state index in [2.05, 4.69) is 5.16 Å². The molecule has 2 amide bonds. The number of hydrogen-bond donors (Lipinski definition) is 1. The number of piperidine rings is 1. The van der Waals surface area contributed by atoms with E-state index in [4.69, 9.17) is 15.5 Å². The van der Waals surface area contributed by atoms with Crippen molar-refractivity contribution in [3.63, 3.8) is 0 Å². The van der Waals surface area contributed by atoms with E-state index < -0.39 is 29.1 Å². The highest BCUT2D eigenvalue weighted by Gasteiger charge is 2.44. The molecule has 2 aliphatic rings. The SMILES string of the molecule is Cc1cc(C(=O)N2C[C@@H](C(N)=O)[C@H](C3CCN(c4ccc(C#N)c(C(F)(F)F)c4)CC3)C2)no1. The zero-order valence-electron chi connectivity index (χ0n) is 18.5. The number of alkyl halides is 3. The van der Waals surface area contributed by atoms with Crippen LogP contribution in [0.25, 0.3) is 0 Å². The molecule has 2 atom stereocenters. The Kier molecular flexibility index (Phi) is 6.25. The molecule has 34 heavy (non-hydrogen) atoms. The van der Waals surface area contributed by atoms with E-state index in [1.807, 2.05) is 4.90 Å². The van der Waals surface area contributed by atoms with Gasteiger partial charge in [0.05, 0.1) is 23.1 Å². The second kappa shape index (κ2) is 9.00. The molecular weight excluding hydrogens is 451 g/mol. The fraction of sp³-hybridized carbons (Fsp3) is 0.478. The first-order valence-electron chi connectivity index (χ1n) is 11.0. The molecule has 2 aliphatic heterocycles. The molecule has 3 heterocycles. The Labute approximate surface area is 194 Å². The van der Waals surface area contributed by atoms with E-state index in [9.17, 15) is 22.8 Å². The third-order valence-electron chi connectivity index (χ3n) is 6.80. The number of nitrogens with zero attached hydrogens (tertiary/aromatic N) is 4. The minimum Gasteiger partial charge on any atom is -0.372 e. The molecule has 0 aliphatic carbocycles. The molecule has 0 unspecified atom stereocenters. The molecule has 0 bridgehead atoms. The summed E-state index contributed by atoms with van der Waals surface area (Å²) in [6.07, 6.45) is -3.34. The third-order valence-corrected chi connectivity index (χ3v) is 6.80. The molecule has 0 spiro atoms. The number of primary amides is 1. The number of rotatable bonds is 4. The van der Waals surface area contributed by atoms with Crippen molar-refractivity contribution in [3.05, 3.63) is 46.8 Å².